The van der Waals surface area contributed by atoms with Crippen molar-refractivity contribution in [2.24, 2.45) is 5.92 Å². The number of ether oxygens (including phenoxy) is 1. The average Bonchev–Trinajstić information content (AvgIpc) is 2.02. The van der Waals surface area contributed by atoms with E-state index in [1.165, 1.54) is 0 Å². The van der Waals surface area contributed by atoms with Gasteiger partial charge in [0.2, 0.25) is 0 Å². The summed E-state index contributed by atoms with van der Waals surface area (Å²) in [7, 11) is 1.56. The third-order valence-corrected chi connectivity index (χ3v) is 2.01. The largest absolute Gasteiger partial charge is 0.377 e. The minimum atomic E-state index is 0.154. The van der Waals surface area contributed by atoms with E-state index in [0.717, 1.165) is 6.54 Å². The molecule has 0 radical (unpaired) electrons. The van der Waals surface area contributed by atoms with Crippen LogP contribution in [0.1, 0.15) is 27.7 Å². The number of Topliss-reactive ketones (excluding diaryl/α,β-unsaturated/α-hetero) is 1. The molecule has 0 heterocycles. The summed E-state index contributed by atoms with van der Waals surface area (Å²) in [5.74, 6) is 0.745. The molecule has 0 unspecified atom stereocenters. The Hall–Kier alpha value is -0.410. The van der Waals surface area contributed by atoms with Crippen LogP contribution in [0.15, 0.2) is 0 Å². The van der Waals surface area contributed by atoms with Gasteiger partial charge in [0.25, 0.3) is 0 Å². The molecule has 3 nitrogen and oxygen atoms in total. The molecule has 0 N–H and O–H groups in total. The Morgan fingerprint density at radius 1 is 1.29 bits per heavy atom. The fraction of sp³-hybridized carbons (Fsp3) is 0.909. The number of rotatable bonds is 7. The maximum absolute atomic E-state index is 11.4. The lowest BCUT2D eigenvalue weighted by Gasteiger charge is -2.27. The van der Waals surface area contributed by atoms with E-state index in [1.54, 1.807) is 7.11 Å². The van der Waals surface area contributed by atoms with Crippen LogP contribution in [-0.4, -0.2) is 43.5 Å². The first kappa shape index (κ1) is 13.6. The molecule has 0 aliphatic carbocycles. The van der Waals surface area contributed by atoms with Gasteiger partial charge in [0.05, 0.1) is 6.54 Å². The summed E-state index contributed by atoms with van der Waals surface area (Å²) >= 11 is 0. The zero-order chi connectivity index (χ0) is 11.1. The Bertz CT molecular complexity index is 167. The van der Waals surface area contributed by atoms with Crippen LogP contribution in [0.25, 0.3) is 0 Å². The van der Waals surface area contributed by atoms with Crippen LogP contribution in [0.3, 0.4) is 0 Å². The average molecular weight is 201 g/mol. The summed E-state index contributed by atoms with van der Waals surface area (Å²) in [5, 5.41) is 0. The summed E-state index contributed by atoms with van der Waals surface area (Å²) < 4.78 is 4.81. The molecule has 0 atom stereocenters. The maximum atomic E-state index is 11.4. The van der Waals surface area contributed by atoms with E-state index in [-0.39, 0.29) is 12.4 Å². The zero-order valence-corrected chi connectivity index (χ0v) is 10.0. The first-order valence-electron chi connectivity index (χ1n) is 5.22. The number of ketones is 1. The molecular weight excluding hydrogens is 178 g/mol. The van der Waals surface area contributed by atoms with Gasteiger partial charge >= 0.3 is 0 Å². The van der Waals surface area contributed by atoms with E-state index < -0.39 is 0 Å². The van der Waals surface area contributed by atoms with Gasteiger partial charge in [-0.2, -0.15) is 0 Å². The molecule has 0 fully saturated rings. The first-order valence-corrected chi connectivity index (χ1v) is 5.22. The fourth-order valence-electron chi connectivity index (χ4n) is 1.36. The lowest BCUT2D eigenvalue weighted by molar-refractivity contribution is -0.124. The normalized spacial score (nSPS) is 11.7. The minimum Gasteiger partial charge on any atom is -0.377 e. The Morgan fingerprint density at radius 2 is 1.86 bits per heavy atom. The Balaban J connectivity index is 4.02. The van der Waals surface area contributed by atoms with E-state index in [2.05, 4.69) is 32.6 Å². The molecule has 0 aromatic carbocycles. The van der Waals surface area contributed by atoms with Gasteiger partial charge in [-0.05, 0) is 19.8 Å². The number of carbonyl (C=O) groups is 1. The molecule has 0 bridgehead atoms. The van der Waals surface area contributed by atoms with E-state index in [1.807, 2.05) is 0 Å². The molecular formula is C11H23NO2. The predicted octanol–water partition coefficient (Wildman–Crippen LogP) is 1.57. The molecule has 0 rings (SSSR count). The number of carbonyl (C=O) groups excluding carboxylic acids is 1. The van der Waals surface area contributed by atoms with Gasteiger partial charge < -0.3 is 4.74 Å². The van der Waals surface area contributed by atoms with E-state index >= 15 is 0 Å². The first-order chi connectivity index (χ1) is 6.47. The Morgan fingerprint density at radius 3 is 2.21 bits per heavy atom. The third-order valence-electron chi connectivity index (χ3n) is 2.01. The highest BCUT2D eigenvalue weighted by molar-refractivity contribution is 5.81. The number of nitrogens with zero attached hydrogens (tertiary/aromatic N) is 1. The van der Waals surface area contributed by atoms with E-state index in [9.17, 15) is 4.79 Å². The number of hydrogen-bond donors (Lipinski definition) is 0. The smallest absolute Gasteiger partial charge is 0.172 e. The van der Waals surface area contributed by atoms with Crippen LogP contribution >= 0.6 is 0 Å². The maximum Gasteiger partial charge on any atom is 0.172 e. The molecule has 0 aromatic heterocycles. The van der Waals surface area contributed by atoms with Crippen LogP contribution in [0.2, 0.25) is 0 Å². The Kier molecular flexibility index (Phi) is 6.75. The molecule has 0 amide bonds. The van der Waals surface area contributed by atoms with Crippen molar-refractivity contribution in [3.8, 4) is 0 Å². The highest BCUT2D eigenvalue weighted by Gasteiger charge is 2.14. The quantitative estimate of drug-likeness (QED) is 0.626. The zero-order valence-electron chi connectivity index (χ0n) is 10.0. The summed E-state index contributed by atoms with van der Waals surface area (Å²) in [4.78, 5) is 13.6. The van der Waals surface area contributed by atoms with E-state index in [0.29, 0.717) is 18.5 Å². The summed E-state index contributed by atoms with van der Waals surface area (Å²) in [6.45, 7) is 10.2. The van der Waals surface area contributed by atoms with Crippen LogP contribution in [0, 0.1) is 5.92 Å². The lowest BCUT2D eigenvalue weighted by atomic mass is 10.1. The Labute approximate surface area is 87.4 Å². The second-order valence-electron chi connectivity index (χ2n) is 4.39. The molecule has 0 saturated heterocycles. The molecule has 0 spiro atoms. The topological polar surface area (TPSA) is 29.5 Å². The SMILES string of the molecule is COCC(=O)CN(CC(C)C)C(C)C. The molecule has 84 valence electrons. The predicted molar refractivity (Wildman–Crippen MR) is 58.4 cm³/mol. The molecule has 14 heavy (non-hydrogen) atoms. The molecule has 0 aliphatic heterocycles. The molecule has 0 aromatic rings. The lowest BCUT2D eigenvalue weighted by Crippen LogP contribution is -2.39. The van der Waals surface area contributed by atoms with Crippen molar-refractivity contribution < 1.29 is 9.53 Å². The van der Waals surface area contributed by atoms with Crippen molar-refractivity contribution >= 4 is 5.78 Å². The van der Waals surface area contributed by atoms with Crippen LogP contribution in [0.5, 0.6) is 0 Å². The molecule has 3 heteroatoms. The van der Waals surface area contributed by atoms with Crippen LogP contribution in [-0.2, 0) is 9.53 Å². The van der Waals surface area contributed by atoms with Gasteiger partial charge in [-0.1, -0.05) is 13.8 Å². The fourth-order valence-corrected chi connectivity index (χ4v) is 1.36. The molecule has 0 aliphatic rings. The molecule has 0 saturated carbocycles. The summed E-state index contributed by atoms with van der Waals surface area (Å²) in [5.41, 5.74) is 0. The highest BCUT2D eigenvalue weighted by Crippen LogP contribution is 2.03. The minimum absolute atomic E-state index is 0.154. The van der Waals surface area contributed by atoms with E-state index in [4.69, 9.17) is 4.74 Å². The monoisotopic (exact) mass is 201 g/mol. The van der Waals surface area contributed by atoms with Crippen molar-refractivity contribution in [3.05, 3.63) is 0 Å². The second kappa shape index (κ2) is 6.96. The van der Waals surface area contributed by atoms with Gasteiger partial charge in [-0.3, -0.25) is 9.69 Å². The van der Waals surface area contributed by atoms with Crippen LogP contribution in [0.4, 0.5) is 0 Å². The van der Waals surface area contributed by atoms with Crippen molar-refractivity contribution in [2.45, 2.75) is 33.7 Å². The third kappa shape index (κ3) is 6.11. The number of hydrogen-bond acceptors (Lipinski definition) is 3. The van der Waals surface area contributed by atoms with Gasteiger partial charge in [-0.15, -0.1) is 0 Å². The van der Waals surface area contributed by atoms with Gasteiger partial charge in [0.1, 0.15) is 6.61 Å². The van der Waals surface area contributed by atoms with Crippen molar-refractivity contribution in [1.82, 2.24) is 4.90 Å². The summed E-state index contributed by atoms with van der Waals surface area (Å²) in [6.07, 6.45) is 0. The van der Waals surface area contributed by atoms with Crippen LogP contribution < -0.4 is 0 Å². The van der Waals surface area contributed by atoms with Crippen molar-refractivity contribution in [2.75, 3.05) is 26.8 Å². The van der Waals surface area contributed by atoms with Gasteiger partial charge in [0, 0.05) is 19.7 Å². The van der Waals surface area contributed by atoms with Crippen molar-refractivity contribution in [1.29, 1.82) is 0 Å². The van der Waals surface area contributed by atoms with Gasteiger partial charge in [0.15, 0.2) is 5.78 Å². The number of methoxy groups -OCH3 is 1. The highest BCUT2D eigenvalue weighted by atomic mass is 16.5. The van der Waals surface area contributed by atoms with Crippen molar-refractivity contribution in [3.63, 3.8) is 0 Å². The second-order valence-corrected chi connectivity index (χ2v) is 4.39. The summed E-state index contributed by atoms with van der Waals surface area (Å²) in [6, 6.07) is 0.415. The van der Waals surface area contributed by atoms with Gasteiger partial charge in [-0.25, -0.2) is 0 Å². The standard InChI is InChI=1S/C11H23NO2/c1-9(2)6-12(10(3)4)7-11(13)8-14-5/h9-10H,6-8H2,1-5H3.